The monoisotopic (exact) mass is 373 g/mol. The average Bonchev–Trinajstić information content (AvgIpc) is 3.18. The van der Waals surface area contributed by atoms with Crippen LogP contribution in [0.3, 0.4) is 0 Å². The number of primary amides is 1. The normalized spacial score (nSPS) is 27.6. The lowest BCUT2D eigenvalue weighted by atomic mass is 9.84. The molecule has 4 atom stereocenters. The molecule has 28 heavy (non-hydrogen) atoms. The Bertz CT molecular complexity index is 1020. The topological polar surface area (TPSA) is 83.7 Å². The first-order valence-electron chi connectivity index (χ1n) is 9.31. The third kappa shape index (κ3) is 2.24. The largest absolute Gasteiger partial charge is 0.368 e. The molecule has 2 fully saturated rings. The zero-order valence-electron chi connectivity index (χ0n) is 15.1. The number of fused-ring (bicyclic) bond motifs is 5. The first kappa shape index (κ1) is 16.7. The van der Waals surface area contributed by atoms with E-state index in [1.807, 2.05) is 60.7 Å². The van der Waals surface area contributed by atoms with Gasteiger partial charge in [0.05, 0.1) is 24.4 Å². The van der Waals surface area contributed by atoms with Gasteiger partial charge in [0.1, 0.15) is 6.04 Å². The summed E-state index contributed by atoms with van der Waals surface area (Å²) < 4.78 is 0. The average molecular weight is 373 g/mol. The van der Waals surface area contributed by atoms with Crippen LogP contribution in [0.2, 0.25) is 0 Å². The van der Waals surface area contributed by atoms with Gasteiger partial charge in [-0.05, 0) is 22.8 Å². The molecule has 0 saturated carbocycles. The number of likely N-dealkylation sites (tertiary alicyclic amines) is 1. The van der Waals surface area contributed by atoms with E-state index in [0.717, 1.165) is 16.7 Å². The number of carbonyl (C=O) groups excluding carboxylic acids is 3. The second kappa shape index (κ2) is 6.05. The molecule has 2 saturated heterocycles. The van der Waals surface area contributed by atoms with Gasteiger partial charge in [0.25, 0.3) is 0 Å². The van der Waals surface area contributed by atoms with Gasteiger partial charge in [0.15, 0.2) is 0 Å². The van der Waals surface area contributed by atoms with Crippen LogP contribution in [0.4, 0.5) is 0 Å². The number of nitrogens with zero attached hydrogens (tertiary/aromatic N) is 2. The molecule has 3 aliphatic rings. The first-order valence-corrected chi connectivity index (χ1v) is 9.31. The van der Waals surface area contributed by atoms with Gasteiger partial charge in [-0.1, -0.05) is 54.6 Å². The fraction of sp³-hybridized carbons (Fsp3) is 0.227. The van der Waals surface area contributed by atoms with Crippen LogP contribution in [0.25, 0.3) is 6.08 Å². The lowest BCUT2D eigenvalue weighted by Crippen LogP contribution is -2.46. The second-order valence-corrected chi connectivity index (χ2v) is 7.48. The van der Waals surface area contributed by atoms with Crippen molar-refractivity contribution >= 4 is 23.8 Å². The Kier molecular flexibility index (Phi) is 3.62. The highest BCUT2D eigenvalue weighted by Crippen LogP contribution is 2.52. The highest BCUT2D eigenvalue weighted by Gasteiger charge is 2.63. The fourth-order valence-corrected chi connectivity index (χ4v) is 4.87. The predicted molar refractivity (Wildman–Crippen MR) is 102 cm³/mol. The Morgan fingerprint density at radius 1 is 0.929 bits per heavy atom. The van der Waals surface area contributed by atoms with E-state index in [1.54, 1.807) is 11.1 Å². The number of nitrogens with two attached hydrogens (primary N) is 1. The van der Waals surface area contributed by atoms with Crippen molar-refractivity contribution in [3.05, 3.63) is 77.5 Å². The molecule has 2 aromatic carbocycles. The minimum atomic E-state index is -0.822. The Morgan fingerprint density at radius 2 is 1.61 bits per heavy atom. The van der Waals surface area contributed by atoms with Gasteiger partial charge in [-0.2, -0.15) is 0 Å². The smallest absolute Gasteiger partial charge is 0.240 e. The molecule has 2 N–H and O–H groups in total. The molecular weight excluding hydrogens is 354 g/mol. The summed E-state index contributed by atoms with van der Waals surface area (Å²) in [6, 6.07) is 16.0. The highest BCUT2D eigenvalue weighted by atomic mass is 16.2. The van der Waals surface area contributed by atoms with E-state index in [9.17, 15) is 14.4 Å². The summed E-state index contributed by atoms with van der Waals surface area (Å²) >= 11 is 0. The van der Waals surface area contributed by atoms with Crippen LogP contribution in [0.15, 0.2) is 60.8 Å². The Balaban J connectivity index is 1.58. The molecule has 0 radical (unpaired) electrons. The molecule has 3 aliphatic heterocycles. The van der Waals surface area contributed by atoms with Crippen molar-refractivity contribution in [1.29, 1.82) is 0 Å². The van der Waals surface area contributed by atoms with E-state index in [-0.39, 0.29) is 24.4 Å². The van der Waals surface area contributed by atoms with Crippen molar-refractivity contribution < 1.29 is 14.4 Å². The number of hydrogen-bond acceptors (Lipinski definition) is 4. The molecule has 3 amide bonds. The molecular formula is C22H19N3O3. The van der Waals surface area contributed by atoms with Gasteiger partial charge in [0, 0.05) is 6.20 Å². The van der Waals surface area contributed by atoms with E-state index in [2.05, 4.69) is 0 Å². The van der Waals surface area contributed by atoms with Crippen LogP contribution in [0.5, 0.6) is 0 Å². The van der Waals surface area contributed by atoms with Gasteiger partial charge in [-0.3, -0.25) is 19.3 Å². The van der Waals surface area contributed by atoms with Crippen LogP contribution < -0.4 is 5.73 Å². The Morgan fingerprint density at radius 3 is 2.36 bits per heavy atom. The van der Waals surface area contributed by atoms with Gasteiger partial charge in [-0.15, -0.1) is 0 Å². The fourth-order valence-electron chi connectivity index (χ4n) is 4.87. The first-order chi connectivity index (χ1) is 13.6. The predicted octanol–water partition coefficient (Wildman–Crippen LogP) is 1.68. The third-order valence-electron chi connectivity index (χ3n) is 6.03. The maximum Gasteiger partial charge on any atom is 0.240 e. The Hall–Kier alpha value is -3.41. The molecule has 0 bridgehead atoms. The van der Waals surface area contributed by atoms with E-state index in [1.165, 1.54) is 4.90 Å². The Labute approximate surface area is 162 Å². The lowest BCUT2D eigenvalue weighted by Gasteiger charge is -2.34. The maximum absolute atomic E-state index is 13.3. The van der Waals surface area contributed by atoms with Crippen LogP contribution in [-0.2, 0) is 20.9 Å². The number of imide groups is 1. The number of rotatable bonds is 3. The summed E-state index contributed by atoms with van der Waals surface area (Å²) in [6.07, 6.45) is 3.70. The van der Waals surface area contributed by atoms with E-state index in [4.69, 9.17) is 5.73 Å². The van der Waals surface area contributed by atoms with E-state index >= 15 is 0 Å². The molecule has 5 rings (SSSR count). The molecule has 2 aromatic rings. The molecule has 6 heteroatoms. The van der Waals surface area contributed by atoms with E-state index < -0.39 is 23.8 Å². The quantitative estimate of drug-likeness (QED) is 0.830. The third-order valence-corrected chi connectivity index (χ3v) is 6.03. The summed E-state index contributed by atoms with van der Waals surface area (Å²) in [4.78, 5) is 41.9. The molecule has 3 heterocycles. The standard InChI is InChI=1S/C22H19N3O3/c23-20(26)19-17-16(18-15-9-5-4-8-14(15)10-11-24(18)19)21(27)25(22(17)28)12-13-6-2-1-3-7-13/h1-11,16-19H,12H2,(H2,23,26)/t16-,17+,18+,19-/m0/s1. The van der Waals surface area contributed by atoms with Gasteiger partial charge in [-0.25, -0.2) is 0 Å². The van der Waals surface area contributed by atoms with Crippen molar-refractivity contribution in [1.82, 2.24) is 9.80 Å². The SMILES string of the molecule is NC(=O)[C@@H]1[C@@H]2C(=O)N(Cc3ccccc3)C(=O)[C@@H]2[C@H]2c3ccccc3C=CN12. The van der Waals surface area contributed by atoms with Crippen LogP contribution >= 0.6 is 0 Å². The van der Waals surface area contributed by atoms with Crippen LogP contribution in [-0.4, -0.2) is 33.6 Å². The van der Waals surface area contributed by atoms with Gasteiger partial charge in [0.2, 0.25) is 17.7 Å². The number of benzene rings is 2. The minimum Gasteiger partial charge on any atom is -0.368 e. The molecule has 6 nitrogen and oxygen atoms in total. The summed E-state index contributed by atoms with van der Waals surface area (Å²) in [6.45, 7) is 0.210. The summed E-state index contributed by atoms with van der Waals surface area (Å²) in [5.41, 5.74) is 8.51. The zero-order valence-corrected chi connectivity index (χ0v) is 15.1. The number of amides is 3. The van der Waals surface area contributed by atoms with Crippen molar-refractivity contribution in [3.63, 3.8) is 0 Å². The lowest BCUT2D eigenvalue weighted by molar-refractivity contribution is -0.143. The number of hydrogen-bond donors (Lipinski definition) is 1. The molecule has 0 aromatic heterocycles. The van der Waals surface area contributed by atoms with Gasteiger partial charge < -0.3 is 10.6 Å². The number of carbonyl (C=O) groups is 3. The van der Waals surface area contributed by atoms with Crippen molar-refractivity contribution in [2.24, 2.45) is 17.6 Å². The molecule has 0 aliphatic carbocycles. The molecule has 0 unspecified atom stereocenters. The zero-order chi connectivity index (χ0) is 19.4. The van der Waals surface area contributed by atoms with Crippen LogP contribution in [0, 0.1) is 11.8 Å². The van der Waals surface area contributed by atoms with E-state index in [0.29, 0.717) is 0 Å². The molecule has 140 valence electrons. The van der Waals surface area contributed by atoms with Gasteiger partial charge >= 0.3 is 0 Å². The summed E-state index contributed by atoms with van der Waals surface area (Å²) in [5.74, 6) is -2.50. The van der Waals surface area contributed by atoms with Crippen molar-refractivity contribution in [2.75, 3.05) is 0 Å². The maximum atomic E-state index is 13.3. The summed E-state index contributed by atoms with van der Waals surface area (Å²) in [7, 11) is 0. The minimum absolute atomic E-state index is 0.210. The summed E-state index contributed by atoms with van der Waals surface area (Å²) in [5, 5.41) is 0. The van der Waals surface area contributed by atoms with Crippen molar-refractivity contribution in [3.8, 4) is 0 Å². The second-order valence-electron chi connectivity index (χ2n) is 7.48. The van der Waals surface area contributed by atoms with Crippen molar-refractivity contribution in [2.45, 2.75) is 18.6 Å². The molecule has 0 spiro atoms. The highest BCUT2D eigenvalue weighted by molar-refractivity contribution is 6.09. The van der Waals surface area contributed by atoms with Crippen LogP contribution in [0.1, 0.15) is 22.7 Å².